The lowest BCUT2D eigenvalue weighted by molar-refractivity contribution is -0.147. The summed E-state index contributed by atoms with van der Waals surface area (Å²) in [5.74, 6) is -0.949. The Labute approximate surface area is 255 Å². The van der Waals surface area contributed by atoms with E-state index in [-0.39, 0.29) is 28.1 Å². The number of alkyl halides is 2. The highest BCUT2D eigenvalue weighted by Crippen LogP contribution is 2.59. The van der Waals surface area contributed by atoms with Gasteiger partial charge < -0.3 is 24.9 Å². The van der Waals surface area contributed by atoms with Gasteiger partial charge in [0.2, 0.25) is 11.8 Å². The first kappa shape index (κ1) is 30.6. The van der Waals surface area contributed by atoms with Crippen LogP contribution >= 0.6 is 18.9 Å². The quantitative estimate of drug-likeness (QED) is 0.345. The summed E-state index contributed by atoms with van der Waals surface area (Å²) in [6, 6.07) is 4.91. The molecule has 0 radical (unpaired) electrons. The smallest absolute Gasteiger partial charge is 0.340 e. The second-order valence-corrected chi connectivity index (χ2v) is 14.4. The average molecular weight is 648 g/mol. The number of aromatic nitrogens is 2. The zero-order valence-electron chi connectivity index (χ0n) is 23.9. The van der Waals surface area contributed by atoms with Gasteiger partial charge in [-0.3, -0.25) is 23.6 Å². The molecule has 6 rings (SSSR count). The van der Waals surface area contributed by atoms with Crippen molar-refractivity contribution in [1.82, 2.24) is 24.9 Å². The molecule has 3 saturated heterocycles. The SMILES string of the molecule is Cn1nccc1C=C1CN(C(=O)C2CC[C@@H]3CCCC[C@H](NC(=O)c4cc5cc(C(F)(F)P(=O)(O)O)ccc5s4)C(=O)N23)C1. The number of halogens is 2. The van der Waals surface area contributed by atoms with Gasteiger partial charge in [-0.15, -0.1) is 11.3 Å². The van der Waals surface area contributed by atoms with E-state index >= 15 is 0 Å². The number of nitrogens with zero attached hydrogens (tertiary/aromatic N) is 4. The van der Waals surface area contributed by atoms with Crippen LogP contribution in [0.4, 0.5) is 8.78 Å². The maximum absolute atomic E-state index is 14.2. The highest BCUT2D eigenvalue weighted by atomic mass is 32.1. The van der Waals surface area contributed by atoms with Crippen LogP contribution in [0, 0.1) is 0 Å². The predicted molar refractivity (Wildman–Crippen MR) is 159 cm³/mol. The van der Waals surface area contributed by atoms with E-state index in [4.69, 9.17) is 9.79 Å². The summed E-state index contributed by atoms with van der Waals surface area (Å²) in [7, 11) is -3.90. The normalized spacial score (nSPS) is 22.8. The Bertz CT molecular complexity index is 1710. The third-order valence-electron chi connectivity index (χ3n) is 8.69. The van der Waals surface area contributed by atoms with Crippen molar-refractivity contribution in [3.8, 4) is 0 Å². The molecule has 5 heterocycles. The second-order valence-electron chi connectivity index (χ2n) is 11.6. The molecule has 3 amide bonds. The molecule has 11 nitrogen and oxygen atoms in total. The van der Waals surface area contributed by atoms with Gasteiger partial charge in [-0.1, -0.05) is 18.9 Å². The minimum atomic E-state index is -5.75. The van der Waals surface area contributed by atoms with Crippen molar-refractivity contribution in [2.45, 2.75) is 62.3 Å². The average Bonchev–Trinajstić information content (AvgIpc) is 3.67. The van der Waals surface area contributed by atoms with Gasteiger partial charge in [0.1, 0.15) is 12.1 Å². The van der Waals surface area contributed by atoms with Gasteiger partial charge in [-0.05, 0) is 67.0 Å². The van der Waals surface area contributed by atoms with E-state index in [1.54, 1.807) is 20.7 Å². The third-order valence-corrected chi connectivity index (χ3v) is 10.8. The van der Waals surface area contributed by atoms with Crippen molar-refractivity contribution in [2.24, 2.45) is 7.05 Å². The fraction of sp³-hybridized carbons (Fsp3) is 0.448. The molecule has 3 aliphatic rings. The van der Waals surface area contributed by atoms with Crippen LogP contribution in [-0.2, 0) is 26.9 Å². The first-order valence-electron chi connectivity index (χ1n) is 14.4. The number of hydrogen-bond acceptors (Lipinski definition) is 6. The van der Waals surface area contributed by atoms with E-state index in [0.29, 0.717) is 37.1 Å². The van der Waals surface area contributed by atoms with E-state index in [2.05, 4.69) is 10.4 Å². The number of amides is 3. The summed E-state index contributed by atoms with van der Waals surface area (Å²) in [4.78, 5) is 62.5. The third kappa shape index (κ3) is 5.60. The van der Waals surface area contributed by atoms with Crippen LogP contribution in [0.1, 0.15) is 59.5 Å². The monoisotopic (exact) mass is 647 g/mol. The molecule has 234 valence electrons. The van der Waals surface area contributed by atoms with E-state index in [0.717, 1.165) is 54.0 Å². The molecule has 3 aromatic rings. The molecule has 1 unspecified atom stereocenters. The number of fused-ring (bicyclic) bond motifs is 2. The number of thiophene rings is 1. The van der Waals surface area contributed by atoms with Crippen LogP contribution in [0.25, 0.3) is 16.2 Å². The van der Waals surface area contributed by atoms with E-state index in [1.807, 2.05) is 19.2 Å². The maximum Gasteiger partial charge on any atom is 0.399 e. The van der Waals surface area contributed by atoms with Gasteiger partial charge >= 0.3 is 13.3 Å². The molecule has 0 spiro atoms. The number of carbonyl (C=O) groups is 3. The van der Waals surface area contributed by atoms with Crippen molar-refractivity contribution >= 4 is 52.8 Å². The van der Waals surface area contributed by atoms with Crippen molar-refractivity contribution in [3.05, 3.63) is 58.2 Å². The van der Waals surface area contributed by atoms with Crippen LogP contribution in [0.3, 0.4) is 0 Å². The zero-order chi connectivity index (χ0) is 31.4. The molecule has 3 aliphatic heterocycles. The Balaban J connectivity index is 1.16. The fourth-order valence-corrected chi connectivity index (χ4v) is 7.71. The lowest BCUT2D eigenvalue weighted by Gasteiger charge is -2.40. The highest BCUT2D eigenvalue weighted by Gasteiger charge is 2.50. The van der Waals surface area contributed by atoms with Gasteiger partial charge in [0.05, 0.1) is 10.6 Å². The van der Waals surface area contributed by atoms with Gasteiger partial charge in [0, 0.05) is 42.6 Å². The molecule has 3 fully saturated rings. The minimum Gasteiger partial charge on any atom is -0.340 e. The summed E-state index contributed by atoms with van der Waals surface area (Å²) in [6.45, 7) is 0.974. The van der Waals surface area contributed by atoms with Crippen LogP contribution in [0.15, 0.2) is 42.1 Å². The molecular weight excluding hydrogens is 615 g/mol. The number of carbonyl (C=O) groups excluding carboxylic acids is 3. The number of benzene rings is 1. The Hall–Kier alpha value is -3.45. The zero-order valence-corrected chi connectivity index (χ0v) is 25.6. The number of aryl methyl sites for hydroxylation is 1. The van der Waals surface area contributed by atoms with Crippen LogP contribution in [0.2, 0.25) is 0 Å². The van der Waals surface area contributed by atoms with Gasteiger partial charge in [-0.2, -0.15) is 13.9 Å². The van der Waals surface area contributed by atoms with Crippen molar-refractivity contribution in [1.29, 1.82) is 0 Å². The first-order chi connectivity index (χ1) is 20.8. The molecule has 2 aromatic heterocycles. The summed E-state index contributed by atoms with van der Waals surface area (Å²) in [6.07, 6.45) is 7.77. The van der Waals surface area contributed by atoms with E-state index in [1.165, 1.54) is 12.1 Å². The Morgan fingerprint density at radius 3 is 2.57 bits per heavy atom. The van der Waals surface area contributed by atoms with E-state index in [9.17, 15) is 27.7 Å². The molecule has 3 N–H and O–H groups in total. The standard InChI is InChI=1S/C29H32F2N5O6PS/c1-34-21(10-11-32-34)12-17-15-35(16-17)28(39)23-8-7-20-4-2-3-5-22(27(38)36(20)23)33-26(37)25-14-18-13-19(6-9-24(18)44-25)29(30,31)43(40,41)42/h6,9-14,20,22-23H,2-5,7-8,15-16H2,1H3,(H,33,37)(H2,40,41,42)/t20-,22-,23?/m0/s1. The van der Waals surface area contributed by atoms with Gasteiger partial charge in [-0.25, -0.2) is 0 Å². The Morgan fingerprint density at radius 1 is 1.11 bits per heavy atom. The molecule has 44 heavy (non-hydrogen) atoms. The molecule has 3 atom stereocenters. The second kappa shape index (κ2) is 11.5. The van der Waals surface area contributed by atoms with Crippen molar-refractivity contribution in [2.75, 3.05) is 13.1 Å². The number of likely N-dealkylation sites (tertiary alicyclic amines) is 1. The fourth-order valence-electron chi connectivity index (χ4n) is 6.28. The number of hydrogen-bond donors (Lipinski definition) is 3. The van der Waals surface area contributed by atoms with Crippen LogP contribution < -0.4 is 5.32 Å². The van der Waals surface area contributed by atoms with Crippen molar-refractivity contribution in [3.63, 3.8) is 0 Å². The van der Waals surface area contributed by atoms with Crippen LogP contribution in [0.5, 0.6) is 0 Å². The first-order valence-corrected chi connectivity index (χ1v) is 16.8. The summed E-state index contributed by atoms with van der Waals surface area (Å²) in [5.41, 5.74) is -3.18. The van der Waals surface area contributed by atoms with Crippen molar-refractivity contribution < 1.29 is 37.5 Å². The summed E-state index contributed by atoms with van der Waals surface area (Å²) >= 11 is 1.03. The summed E-state index contributed by atoms with van der Waals surface area (Å²) < 4.78 is 42.0. The number of nitrogens with one attached hydrogen (secondary N) is 1. The molecule has 0 aliphatic carbocycles. The molecule has 1 aromatic carbocycles. The van der Waals surface area contributed by atoms with E-state index < -0.39 is 36.8 Å². The molecule has 0 bridgehead atoms. The molecule has 0 saturated carbocycles. The topological polar surface area (TPSA) is 145 Å². The van der Waals surface area contributed by atoms with Crippen LogP contribution in [-0.4, -0.2) is 78.3 Å². The predicted octanol–water partition coefficient (Wildman–Crippen LogP) is 3.82. The Kier molecular flexibility index (Phi) is 7.98. The molecular formula is C29H32F2N5O6PS. The Morgan fingerprint density at radius 2 is 1.86 bits per heavy atom. The molecule has 15 heteroatoms. The lowest BCUT2D eigenvalue weighted by Crippen LogP contribution is -2.58. The van der Waals surface area contributed by atoms with Gasteiger partial charge in [0.15, 0.2) is 0 Å². The number of rotatable bonds is 6. The maximum atomic E-state index is 14.2. The summed E-state index contributed by atoms with van der Waals surface area (Å²) in [5, 5.41) is 7.20. The minimum absolute atomic E-state index is 0.0830. The highest BCUT2D eigenvalue weighted by molar-refractivity contribution is 7.52. The lowest BCUT2D eigenvalue weighted by atomic mass is 9.98. The largest absolute Gasteiger partial charge is 0.399 e. The van der Waals surface area contributed by atoms with Gasteiger partial charge in [0.25, 0.3) is 5.91 Å².